The number of carbonyl (C=O) groups excluding carboxylic acids is 1. The normalized spacial score (nSPS) is 18.7. The molecule has 2 aromatic rings. The van der Waals surface area contributed by atoms with Crippen LogP contribution >= 0.6 is 0 Å². The third-order valence-corrected chi connectivity index (χ3v) is 3.92. The van der Waals surface area contributed by atoms with Gasteiger partial charge in [-0.2, -0.15) is 0 Å². The maximum atomic E-state index is 12.5. The molecule has 1 aliphatic heterocycles. The lowest BCUT2D eigenvalue weighted by Gasteiger charge is -2.23. The SMILES string of the molecule is Cc1ccc2cc(C(=O)N3CCCC3CO)ccc2n1. The van der Waals surface area contributed by atoms with E-state index >= 15 is 0 Å². The van der Waals surface area contributed by atoms with E-state index in [-0.39, 0.29) is 18.6 Å². The van der Waals surface area contributed by atoms with Crippen LogP contribution in [0.2, 0.25) is 0 Å². The molecule has 1 amide bonds. The van der Waals surface area contributed by atoms with Gasteiger partial charge in [0, 0.05) is 23.2 Å². The Balaban J connectivity index is 1.93. The van der Waals surface area contributed by atoms with Gasteiger partial charge in [0.05, 0.1) is 18.2 Å². The van der Waals surface area contributed by atoms with Gasteiger partial charge in [-0.25, -0.2) is 0 Å². The van der Waals surface area contributed by atoms with Crippen molar-refractivity contribution in [3.05, 3.63) is 41.6 Å². The zero-order valence-corrected chi connectivity index (χ0v) is 11.5. The Labute approximate surface area is 118 Å². The number of nitrogens with zero attached hydrogens (tertiary/aromatic N) is 2. The smallest absolute Gasteiger partial charge is 0.254 e. The van der Waals surface area contributed by atoms with E-state index in [4.69, 9.17) is 0 Å². The number of hydrogen-bond acceptors (Lipinski definition) is 3. The van der Waals surface area contributed by atoms with E-state index in [1.165, 1.54) is 0 Å². The Morgan fingerprint density at radius 1 is 1.40 bits per heavy atom. The molecular formula is C16H18N2O2. The fourth-order valence-electron chi connectivity index (χ4n) is 2.82. The van der Waals surface area contributed by atoms with Gasteiger partial charge in [-0.3, -0.25) is 9.78 Å². The molecule has 1 saturated heterocycles. The van der Waals surface area contributed by atoms with Crippen molar-refractivity contribution < 1.29 is 9.90 Å². The van der Waals surface area contributed by atoms with Crippen LogP contribution in [0.5, 0.6) is 0 Å². The second-order valence-electron chi connectivity index (χ2n) is 5.34. The van der Waals surface area contributed by atoms with Crippen molar-refractivity contribution in [3.63, 3.8) is 0 Å². The van der Waals surface area contributed by atoms with Gasteiger partial charge in [-0.1, -0.05) is 6.07 Å². The fourth-order valence-corrected chi connectivity index (χ4v) is 2.82. The molecule has 1 N–H and O–H groups in total. The molecule has 20 heavy (non-hydrogen) atoms. The van der Waals surface area contributed by atoms with E-state index in [1.807, 2.05) is 37.3 Å². The summed E-state index contributed by atoms with van der Waals surface area (Å²) in [5, 5.41) is 10.3. The quantitative estimate of drug-likeness (QED) is 0.909. The molecule has 0 saturated carbocycles. The number of amides is 1. The van der Waals surface area contributed by atoms with Crippen molar-refractivity contribution in [2.75, 3.05) is 13.2 Å². The van der Waals surface area contributed by atoms with Gasteiger partial charge in [-0.15, -0.1) is 0 Å². The summed E-state index contributed by atoms with van der Waals surface area (Å²) in [7, 11) is 0. The molecule has 1 aromatic carbocycles. The summed E-state index contributed by atoms with van der Waals surface area (Å²) in [6.07, 6.45) is 1.85. The van der Waals surface area contributed by atoms with Crippen molar-refractivity contribution in [1.29, 1.82) is 0 Å². The molecule has 104 valence electrons. The Kier molecular flexibility index (Phi) is 3.40. The highest BCUT2D eigenvalue weighted by Crippen LogP contribution is 2.22. The second kappa shape index (κ2) is 5.21. The third-order valence-electron chi connectivity index (χ3n) is 3.92. The number of rotatable bonds is 2. The zero-order chi connectivity index (χ0) is 14.1. The minimum absolute atomic E-state index is 0.00373. The lowest BCUT2D eigenvalue weighted by atomic mass is 10.1. The lowest BCUT2D eigenvalue weighted by molar-refractivity contribution is 0.0678. The number of aromatic nitrogens is 1. The molecule has 1 fully saturated rings. The first-order valence-corrected chi connectivity index (χ1v) is 6.98. The maximum absolute atomic E-state index is 12.5. The molecule has 1 aliphatic rings. The van der Waals surface area contributed by atoms with Crippen molar-refractivity contribution >= 4 is 16.8 Å². The minimum Gasteiger partial charge on any atom is -0.394 e. The Morgan fingerprint density at radius 2 is 2.25 bits per heavy atom. The Bertz CT molecular complexity index is 654. The molecule has 3 rings (SSSR count). The van der Waals surface area contributed by atoms with Crippen molar-refractivity contribution in [2.45, 2.75) is 25.8 Å². The topological polar surface area (TPSA) is 53.4 Å². The van der Waals surface area contributed by atoms with E-state index in [0.717, 1.165) is 36.0 Å². The summed E-state index contributed by atoms with van der Waals surface area (Å²) in [5.41, 5.74) is 2.54. The molecule has 2 heterocycles. The van der Waals surface area contributed by atoms with E-state index in [9.17, 15) is 9.90 Å². The highest BCUT2D eigenvalue weighted by atomic mass is 16.3. The summed E-state index contributed by atoms with van der Waals surface area (Å²) in [6, 6.07) is 9.50. The first kappa shape index (κ1) is 13.1. The highest BCUT2D eigenvalue weighted by molar-refractivity contribution is 5.98. The van der Waals surface area contributed by atoms with E-state index in [2.05, 4.69) is 4.98 Å². The molecule has 4 heteroatoms. The minimum atomic E-state index is -0.0330. The van der Waals surface area contributed by atoms with Crippen molar-refractivity contribution in [2.24, 2.45) is 0 Å². The number of aryl methyl sites for hydroxylation is 1. The van der Waals surface area contributed by atoms with Crippen molar-refractivity contribution in [1.82, 2.24) is 9.88 Å². The van der Waals surface area contributed by atoms with Gasteiger partial charge in [0.15, 0.2) is 0 Å². The Morgan fingerprint density at radius 3 is 3.05 bits per heavy atom. The largest absolute Gasteiger partial charge is 0.394 e. The summed E-state index contributed by atoms with van der Waals surface area (Å²) >= 11 is 0. The lowest BCUT2D eigenvalue weighted by Crippen LogP contribution is -2.37. The van der Waals surface area contributed by atoms with Gasteiger partial charge < -0.3 is 10.0 Å². The summed E-state index contributed by atoms with van der Waals surface area (Å²) in [4.78, 5) is 18.7. The summed E-state index contributed by atoms with van der Waals surface area (Å²) in [5.74, 6) is 0.00373. The van der Waals surface area contributed by atoms with Crippen LogP contribution in [0.1, 0.15) is 28.9 Å². The van der Waals surface area contributed by atoms with Gasteiger partial charge in [-0.05, 0) is 44.0 Å². The molecule has 0 aliphatic carbocycles. The molecule has 1 atom stereocenters. The molecule has 0 spiro atoms. The summed E-state index contributed by atoms with van der Waals surface area (Å²) < 4.78 is 0. The third kappa shape index (κ3) is 2.27. The zero-order valence-electron chi connectivity index (χ0n) is 11.5. The van der Waals surface area contributed by atoms with Crippen LogP contribution in [0.3, 0.4) is 0 Å². The number of aliphatic hydroxyl groups is 1. The standard InChI is InChI=1S/C16H18N2O2/c1-11-4-5-12-9-13(6-7-15(12)17-11)16(20)18-8-2-3-14(18)10-19/h4-7,9,14,19H,2-3,8,10H2,1H3. The van der Waals surface area contributed by atoms with Gasteiger partial charge in [0.2, 0.25) is 0 Å². The van der Waals surface area contributed by atoms with Gasteiger partial charge in [0.1, 0.15) is 0 Å². The van der Waals surface area contributed by atoms with Gasteiger partial charge >= 0.3 is 0 Å². The Hall–Kier alpha value is -1.94. The molecule has 1 aromatic heterocycles. The number of carbonyl (C=O) groups is 1. The highest BCUT2D eigenvalue weighted by Gasteiger charge is 2.28. The number of aliphatic hydroxyl groups excluding tert-OH is 1. The van der Waals surface area contributed by atoms with Crippen LogP contribution < -0.4 is 0 Å². The number of likely N-dealkylation sites (tertiary alicyclic amines) is 1. The molecule has 0 bridgehead atoms. The number of hydrogen-bond donors (Lipinski definition) is 1. The fraction of sp³-hybridized carbons (Fsp3) is 0.375. The molecule has 4 nitrogen and oxygen atoms in total. The van der Waals surface area contributed by atoms with Crippen LogP contribution in [0, 0.1) is 6.92 Å². The monoisotopic (exact) mass is 270 g/mol. The van der Waals surface area contributed by atoms with Crippen LogP contribution in [0.4, 0.5) is 0 Å². The van der Waals surface area contributed by atoms with Crippen molar-refractivity contribution in [3.8, 4) is 0 Å². The average molecular weight is 270 g/mol. The van der Waals surface area contributed by atoms with E-state index in [0.29, 0.717) is 5.56 Å². The second-order valence-corrected chi connectivity index (χ2v) is 5.34. The number of fused-ring (bicyclic) bond motifs is 1. The number of pyridine rings is 1. The van der Waals surface area contributed by atoms with Crippen LogP contribution in [-0.2, 0) is 0 Å². The van der Waals surface area contributed by atoms with Crippen LogP contribution in [0.15, 0.2) is 30.3 Å². The van der Waals surface area contributed by atoms with Crippen LogP contribution in [-0.4, -0.2) is 40.1 Å². The average Bonchev–Trinajstić information content (AvgIpc) is 2.94. The van der Waals surface area contributed by atoms with Gasteiger partial charge in [0.25, 0.3) is 5.91 Å². The first-order valence-electron chi connectivity index (χ1n) is 6.98. The molecular weight excluding hydrogens is 252 g/mol. The predicted molar refractivity (Wildman–Crippen MR) is 77.6 cm³/mol. The van der Waals surface area contributed by atoms with Crippen LogP contribution in [0.25, 0.3) is 10.9 Å². The predicted octanol–water partition coefficient (Wildman–Crippen LogP) is 2.14. The molecule has 0 radical (unpaired) electrons. The maximum Gasteiger partial charge on any atom is 0.254 e. The van der Waals surface area contributed by atoms with E-state index in [1.54, 1.807) is 4.90 Å². The number of benzene rings is 1. The summed E-state index contributed by atoms with van der Waals surface area (Å²) in [6.45, 7) is 2.73. The molecule has 1 unspecified atom stereocenters. The van der Waals surface area contributed by atoms with E-state index < -0.39 is 0 Å². The first-order chi connectivity index (χ1) is 9.69.